The molecule has 5 heteroatoms. The van der Waals surface area contributed by atoms with E-state index >= 15 is 0 Å². The first kappa shape index (κ1) is 14.3. The van der Waals surface area contributed by atoms with Crippen molar-refractivity contribution in [3.05, 3.63) is 63.6 Å². The van der Waals surface area contributed by atoms with Gasteiger partial charge in [-0.3, -0.25) is 9.59 Å². The van der Waals surface area contributed by atoms with Gasteiger partial charge in [-0.15, -0.1) is 0 Å². The van der Waals surface area contributed by atoms with Crippen LogP contribution >= 0.6 is 15.9 Å². The van der Waals surface area contributed by atoms with Crippen LogP contribution in [0.5, 0.6) is 0 Å². The van der Waals surface area contributed by atoms with Crippen LogP contribution in [-0.4, -0.2) is 11.8 Å². The average molecular weight is 333 g/mol. The first-order valence-corrected chi connectivity index (χ1v) is 6.74. The van der Waals surface area contributed by atoms with Crippen LogP contribution in [0.3, 0.4) is 0 Å². The molecule has 0 atom stereocenters. The van der Waals surface area contributed by atoms with Crippen molar-refractivity contribution >= 4 is 33.4 Å². The molecule has 0 aliphatic rings. The van der Waals surface area contributed by atoms with Gasteiger partial charge in [0.25, 0.3) is 5.91 Å². The van der Waals surface area contributed by atoms with Gasteiger partial charge in [0.05, 0.1) is 5.56 Å². The molecule has 0 fully saturated rings. The zero-order chi connectivity index (χ0) is 14.7. The predicted molar refractivity (Wildman–Crippen MR) is 81.8 cm³/mol. The van der Waals surface area contributed by atoms with Gasteiger partial charge in [0.1, 0.15) is 0 Å². The number of primary amides is 1. The van der Waals surface area contributed by atoms with Crippen molar-refractivity contribution in [3.63, 3.8) is 0 Å². The third-order valence-electron chi connectivity index (χ3n) is 2.84. The zero-order valence-corrected chi connectivity index (χ0v) is 12.4. The summed E-state index contributed by atoms with van der Waals surface area (Å²) >= 11 is 3.40. The number of nitrogens with one attached hydrogen (secondary N) is 1. The number of benzene rings is 2. The largest absolute Gasteiger partial charge is 0.366 e. The van der Waals surface area contributed by atoms with Crippen LogP contribution in [0.15, 0.2) is 46.9 Å². The SMILES string of the molecule is Cc1cccc(C(=O)Nc2cccc(C(N)=O)c2)c1Br. The molecule has 2 amide bonds. The fourth-order valence-electron chi connectivity index (χ4n) is 1.77. The molecule has 2 aromatic rings. The normalized spacial score (nSPS) is 10.1. The van der Waals surface area contributed by atoms with Gasteiger partial charge < -0.3 is 11.1 Å². The zero-order valence-electron chi connectivity index (χ0n) is 10.8. The van der Waals surface area contributed by atoms with Crippen LogP contribution in [0.4, 0.5) is 5.69 Å². The van der Waals surface area contributed by atoms with E-state index in [0.717, 1.165) is 10.0 Å². The third kappa shape index (κ3) is 3.05. The van der Waals surface area contributed by atoms with Gasteiger partial charge in [0.15, 0.2) is 0 Å². The second kappa shape index (κ2) is 5.88. The van der Waals surface area contributed by atoms with Crippen LogP contribution in [-0.2, 0) is 0 Å². The van der Waals surface area contributed by atoms with Crippen molar-refractivity contribution in [2.75, 3.05) is 5.32 Å². The molecule has 0 bridgehead atoms. The van der Waals surface area contributed by atoms with Crippen LogP contribution in [0.25, 0.3) is 0 Å². The van der Waals surface area contributed by atoms with E-state index in [1.165, 1.54) is 0 Å². The van der Waals surface area contributed by atoms with Crippen molar-refractivity contribution in [2.24, 2.45) is 5.73 Å². The number of hydrogen-bond acceptors (Lipinski definition) is 2. The van der Waals surface area contributed by atoms with Gasteiger partial charge in [0.2, 0.25) is 5.91 Å². The van der Waals surface area contributed by atoms with Gasteiger partial charge in [0, 0.05) is 15.7 Å². The van der Waals surface area contributed by atoms with Crippen molar-refractivity contribution in [1.82, 2.24) is 0 Å². The number of anilines is 1. The van der Waals surface area contributed by atoms with E-state index in [4.69, 9.17) is 5.73 Å². The Bertz CT molecular complexity index is 683. The number of amides is 2. The molecule has 0 spiro atoms. The molecule has 20 heavy (non-hydrogen) atoms. The minimum atomic E-state index is -0.530. The lowest BCUT2D eigenvalue weighted by molar-refractivity contribution is 0.0996. The summed E-state index contributed by atoms with van der Waals surface area (Å²) in [5.41, 5.74) is 7.60. The highest BCUT2D eigenvalue weighted by Gasteiger charge is 2.12. The molecule has 0 saturated heterocycles. The summed E-state index contributed by atoms with van der Waals surface area (Å²) in [7, 11) is 0. The molecule has 0 heterocycles. The van der Waals surface area contributed by atoms with Crippen LogP contribution < -0.4 is 11.1 Å². The first-order valence-electron chi connectivity index (χ1n) is 5.95. The van der Waals surface area contributed by atoms with E-state index in [0.29, 0.717) is 16.8 Å². The Morgan fingerprint density at radius 3 is 2.55 bits per heavy atom. The maximum absolute atomic E-state index is 12.2. The van der Waals surface area contributed by atoms with Crippen LogP contribution in [0.1, 0.15) is 26.3 Å². The summed E-state index contributed by atoms with van der Waals surface area (Å²) in [4.78, 5) is 23.3. The van der Waals surface area contributed by atoms with E-state index in [-0.39, 0.29) is 5.91 Å². The Balaban J connectivity index is 2.26. The van der Waals surface area contributed by atoms with Crippen LogP contribution in [0.2, 0.25) is 0 Å². The Kier molecular flexibility index (Phi) is 4.20. The fourth-order valence-corrected chi connectivity index (χ4v) is 2.22. The van der Waals surface area contributed by atoms with E-state index in [1.807, 2.05) is 19.1 Å². The fraction of sp³-hybridized carbons (Fsp3) is 0.0667. The van der Waals surface area contributed by atoms with Crippen molar-refractivity contribution in [1.29, 1.82) is 0 Å². The standard InChI is InChI=1S/C15H13BrN2O2/c1-9-4-2-7-12(13(9)16)15(20)18-11-6-3-5-10(8-11)14(17)19/h2-8H,1H3,(H2,17,19)(H,18,20). The third-order valence-corrected chi connectivity index (χ3v) is 3.89. The summed E-state index contributed by atoms with van der Waals surface area (Å²) in [6.45, 7) is 1.91. The quantitative estimate of drug-likeness (QED) is 0.906. The molecule has 4 nitrogen and oxygen atoms in total. The average Bonchev–Trinajstić information content (AvgIpc) is 2.42. The van der Waals surface area contributed by atoms with E-state index < -0.39 is 5.91 Å². The van der Waals surface area contributed by atoms with Gasteiger partial charge in [-0.05, 0) is 52.7 Å². The lowest BCUT2D eigenvalue weighted by Gasteiger charge is -2.09. The van der Waals surface area contributed by atoms with Crippen LogP contribution in [0, 0.1) is 6.92 Å². The van der Waals surface area contributed by atoms with Crippen molar-refractivity contribution in [3.8, 4) is 0 Å². The Hall–Kier alpha value is -2.14. The Labute approximate surface area is 125 Å². The Morgan fingerprint density at radius 2 is 1.85 bits per heavy atom. The molecule has 0 saturated carbocycles. The summed E-state index contributed by atoms with van der Waals surface area (Å²) in [5.74, 6) is -0.778. The molecule has 0 aromatic heterocycles. The number of halogens is 1. The second-order valence-corrected chi connectivity index (χ2v) is 5.13. The highest BCUT2D eigenvalue weighted by molar-refractivity contribution is 9.10. The Morgan fingerprint density at radius 1 is 1.15 bits per heavy atom. The minimum absolute atomic E-state index is 0.248. The molecule has 0 radical (unpaired) electrons. The number of nitrogens with two attached hydrogens (primary N) is 1. The van der Waals surface area contributed by atoms with Crippen molar-refractivity contribution in [2.45, 2.75) is 6.92 Å². The van der Waals surface area contributed by atoms with E-state index in [1.54, 1.807) is 30.3 Å². The molecule has 2 rings (SSSR count). The smallest absolute Gasteiger partial charge is 0.256 e. The summed E-state index contributed by atoms with van der Waals surface area (Å²) in [5, 5.41) is 2.74. The highest BCUT2D eigenvalue weighted by atomic mass is 79.9. The number of rotatable bonds is 3. The second-order valence-electron chi connectivity index (χ2n) is 4.34. The molecule has 3 N–H and O–H groups in total. The van der Waals surface area contributed by atoms with Gasteiger partial charge in [-0.25, -0.2) is 0 Å². The lowest BCUT2D eigenvalue weighted by Crippen LogP contribution is -2.15. The van der Waals surface area contributed by atoms with Gasteiger partial charge >= 0.3 is 0 Å². The topological polar surface area (TPSA) is 72.2 Å². The number of carbonyl (C=O) groups excluding carboxylic acids is 2. The van der Waals surface area contributed by atoms with Crippen molar-refractivity contribution < 1.29 is 9.59 Å². The molecule has 2 aromatic carbocycles. The minimum Gasteiger partial charge on any atom is -0.366 e. The summed E-state index contributed by atoms with van der Waals surface area (Å²) < 4.78 is 0.753. The molecular formula is C15H13BrN2O2. The number of aryl methyl sites for hydroxylation is 1. The number of carbonyl (C=O) groups is 2. The molecule has 0 unspecified atom stereocenters. The lowest BCUT2D eigenvalue weighted by atomic mass is 10.1. The monoisotopic (exact) mass is 332 g/mol. The molecular weight excluding hydrogens is 320 g/mol. The maximum Gasteiger partial charge on any atom is 0.256 e. The predicted octanol–water partition coefficient (Wildman–Crippen LogP) is 3.11. The van der Waals surface area contributed by atoms with E-state index in [9.17, 15) is 9.59 Å². The number of hydrogen-bond donors (Lipinski definition) is 2. The summed E-state index contributed by atoms with van der Waals surface area (Å²) in [6, 6.07) is 12.0. The summed E-state index contributed by atoms with van der Waals surface area (Å²) in [6.07, 6.45) is 0. The van der Waals surface area contributed by atoms with E-state index in [2.05, 4.69) is 21.2 Å². The molecule has 102 valence electrons. The highest BCUT2D eigenvalue weighted by Crippen LogP contribution is 2.22. The maximum atomic E-state index is 12.2. The molecule has 0 aliphatic heterocycles. The molecule has 0 aliphatic carbocycles. The first-order chi connectivity index (χ1) is 9.49. The van der Waals surface area contributed by atoms with Gasteiger partial charge in [-0.2, -0.15) is 0 Å². The van der Waals surface area contributed by atoms with Gasteiger partial charge in [-0.1, -0.05) is 18.2 Å².